The molecule has 0 fully saturated rings. The Morgan fingerprint density at radius 2 is 1.72 bits per heavy atom. The number of methoxy groups -OCH3 is 1. The summed E-state index contributed by atoms with van der Waals surface area (Å²) in [5.74, 6) is 2.00. The number of nitrogens with zero attached hydrogens (tertiary/aromatic N) is 2. The zero-order chi connectivity index (χ0) is 20.5. The second-order valence-corrected chi connectivity index (χ2v) is 6.76. The average molecular weight is 414 g/mol. The number of ether oxygens (including phenoxy) is 2. The van der Waals surface area contributed by atoms with Gasteiger partial charge in [0.15, 0.2) is 0 Å². The molecule has 0 bridgehead atoms. The molecule has 3 aromatic rings. The van der Waals surface area contributed by atoms with Gasteiger partial charge in [0.2, 0.25) is 11.8 Å². The summed E-state index contributed by atoms with van der Waals surface area (Å²) >= 11 is 1.19. The maximum Gasteiger partial charge on any atom is 0.277 e. The predicted molar refractivity (Wildman–Crippen MR) is 112 cm³/mol. The highest BCUT2D eigenvalue weighted by Gasteiger charge is 2.10. The lowest BCUT2D eigenvalue weighted by molar-refractivity contribution is -0.113. The van der Waals surface area contributed by atoms with Gasteiger partial charge in [-0.1, -0.05) is 11.8 Å². The predicted octanol–water partition coefficient (Wildman–Crippen LogP) is 3.82. The van der Waals surface area contributed by atoms with Gasteiger partial charge in [-0.15, -0.1) is 10.2 Å². The van der Waals surface area contributed by atoms with Crippen molar-refractivity contribution in [2.24, 2.45) is 0 Å². The molecule has 1 aromatic heterocycles. The number of aromatic nitrogens is 2. The minimum absolute atomic E-state index is 0.157. The summed E-state index contributed by atoms with van der Waals surface area (Å²) in [4.78, 5) is 12.1. The van der Waals surface area contributed by atoms with Gasteiger partial charge in [0.1, 0.15) is 11.5 Å². The van der Waals surface area contributed by atoms with Crippen LogP contribution in [0.2, 0.25) is 0 Å². The molecule has 1 heterocycles. The first-order chi connectivity index (χ1) is 14.2. The summed E-state index contributed by atoms with van der Waals surface area (Å²) < 4.78 is 16.1. The van der Waals surface area contributed by atoms with Crippen molar-refractivity contribution in [2.75, 3.05) is 30.1 Å². The van der Waals surface area contributed by atoms with E-state index in [9.17, 15) is 4.79 Å². The van der Waals surface area contributed by atoms with E-state index < -0.39 is 0 Å². The van der Waals surface area contributed by atoms with Gasteiger partial charge in [0.05, 0.1) is 26.0 Å². The molecule has 1 amide bonds. The first kappa shape index (κ1) is 20.5. The van der Waals surface area contributed by atoms with Crippen LogP contribution in [-0.4, -0.2) is 35.6 Å². The van der Waals surface area contributed by atoms with Crippen LogP contribution >= 0.6 is 11.8 Å². The minimum Gasteiger partial charge on any atom is -0.497 e. The highest BCUT2D eigenvalue weighted by Crippen LogP contribution is 2.20. The molecule has 29 heavy (non-hydrogen) atoms. The van der Waals surface area contributed by atoms with Crippen molar-refractivity contribution in [1.29, 1.82) is 0 Å². The Kier molecular flexibility index (Phi) is 7.34. The van der Waals surface area contributed by atoms with Crippen molar-refractivity contribution in [1.82, 2.24) is 10.2 Å². The maximum absolute atomic E-state index is 12.1. The molecule has 0 saturated heterocycles. The number of amides is 1. The molecule has 2 aromatic carbocycles. The Hall–Kier alpha value is -3.20. The molecule has 9 heteroatoms. The van der Waals surface area contributed by atoms with Crippen LogP contribution in [0.5, 0.6) is 11.5 Å². The minimum atomic E-state index is -0.157. The highest BCUT2D eigenvalue weighted by atomic mass is 32.2. The maximum atomic E-state index is 12.1. The first-order valence-electron chi connectivity index (χ1n) is 9.02. The number of anilines is 2. The van der Waals surface area contributed by atoms with Crippen molar-refractivity contribution in [3.05, 3.63) is 54.4 Å². The summed E-state index contributed by atoms with van der Waals surface area (Å²) in [6, 6.07) is 14.7. The molecule has 0 unspecified atom stereocenters. The van der Waals surface area contributed by atoms with Crippen LogP contribution in [0.25, 0.3) is 0 Å². The number of carbonyl (C=O) groups excluding carboxylic acids is 1. The molecule has 0 radical (unpaired) electrons. The lowest BCUT2D eigenvalue weighted by Gasteiger charge is -2.06. The number of benzene rings is 2. The van der Waals surface area contributed by atoms with E-state index in [-0.39, 0.29) is 11.7 Å². The number of hydrogen-bond donors (Lipinski definition) is 2. The van der Waals surface area contributed by atoms with E-state index in [2.05, 4.69) is 20.8 Å². The lowest BCUT2D eigenvalue weighted by Crippen LogP contribution is -2.13. The smallest absolute Gasteiger partial charge is 0.277 e. The number of carbonyl (C=O) groups is 1. The molecule has 2 N–H and O–H groups in total. The van der Waals surface area contributed by atoms with E-state index in [4.69, 9.17) is 13.9 Å². The van der Waals surface area contributed by atoms with Crippen molar-refractivity contribution < 1.29 is 18.7 Å². The standard InChI is InChI=1S/C20H22N4O4S/c1-3-27-17-10-6-15(7-11-17)22-18(25)13-29-20-24-23-19(28-20)12-21-14-4-8-16(26-2)9-5-14/h4-11,21H,3,12-13H2,1-2H3,(H,22,25). The van der Waals surface area contributed by atoms with E-state index in [1.807, 2.05) is 43.3 Å². The van der Waals surface area contributed by atoms with Crippen LogP contribution in [0.15, 0.2) is 58.2 Å². The third-order valence-corrected chi connectivity index (χ3v) is 4.58. The molecular formula is C20H22N4O4S. The Morgan fingerprint density at radius 3 is 2.41 bits per heavy atom. The third-order valence-electron chi connectivity index (χ3n) is 3.76. The highest BCUT2D eigenvalue weighted by molar-refractivity contribution is 7.99. The quantitative estimate of drug-likeness (QED) is 0.483. The summed E-state index contributed by atoms with van der Waals surface area (Å²) in [5.41, 5.74) is 1.61. The van der Waals surface area contributed by atoms with Gasteiger partial charge in [-0.2, -0.15) is 0 Å². The molecule has 152 valence electrons. The molecule has 0 spiro atoms. The van der Waals surface area contributed by atoms with E-state index in [0.717, 1.165) is 17.2 Å². The van der Waals surface area contributed by atoms with Crippen LogP contribution in [0.4, 0.5) is 11.4 Å². The molecule has 0 atom stereocenters. The zero-order valence-corrected chi connectivity index (χ0v) is 17.0. The number of rotatable bonds is 10. The second kappa shape index (κ2) is 10.4. The lowest BCUT2D eigenvalue weighted by atomic mass is 10.3. The fourth-order valence-electron chi connectivity index (χ4n) is 2.38. The molecule has 0 aliphatic heterocycles. The largest absolute Gasteiger partial charge is 0.497 e. The van der Waals surface area contributed by atoms with Gasteiger partial charge >= 0.3 is 0 Å². The second-order valence-electron chi connectivity index (χ2n) is 5.84. The Bertz CT molecular complexity index is 913. The van der Waals surface area contributed by atoms with Gasteiger partial charge in [0, 0.05) is 11.4 Å². The summed E-state index contributed by atoms with van der Waals surface area (Å²) in [5, 5.41) is 14.3. The van der Waals surface area contributed by atoms with Gasteiger partial charge in [-0.25, -0.2) is 0 Å². The molecule has 8 nitrogen and oxygen atoms in total. The normalized spacial score (nSPS) is 10.4. The van der Waals surface area contributed by atoms with Gasteiger partial charge < -0.3 is 24.5 Å². The van der Waals surface area contributed by atoms with Crippen LogP contribution in [0.3, 0.4) is 0 Å². The Balaban J connectivity index is 1.42. The monoisotopic (exact) mass is 414 g/mol. The van der Waals surface area contributed by atoms with Crippen molar-refractivity contribution in [2.45, 2.75) is 18.7 Å². The number of nitrogens with one attached hydrogen (secondary N) is 2. The van der Waals surface area contributed by atoms with Crippen LogP contribution in [0, 0.1) is 0 Å². The molecule has 0 aliphatic carbocycles. The van der Waals surface area contributed by atoms with Gasteiger partial charge in [-0.3, -0.25) is 4.79 Å². The summed E-state index contributed by atoms with van der Waals surface area (Å²) in [6.07, 6.45) is 0. The molecule has 3 rings (SSSR count). The Morgan fingerprint density at radius 1 is 1.03 bits per heavy atom. The van der Waals surface area contributed by atoms with Crippen molar-refractivity contribution in [3.63, 3.8) is 0 Å². The Labute approximate surface area is 173 Å². The molecule has 0 aliphatic rings. The third kappa shape index (κ3) is 6.42. The van der Waals surface area contributed by atoms with E-state index in [1.165, 1.54) is 11.8 Å². The van der Waals surface area contributed by atoms with E-state index in [0.29, 0.717) is 30.0 Å². The fraction of sp³-hybridized carbons (Fsp3) is 0.250. The first-order valence-corrected chi connectivity index (χ1v) is 10.0. The SMILES string of the molecule is CCOc1ccc(NC(=O)CSc2nnc(CNc3ccc(OC)cc3)o2)cc1. The number of hydrogen-bond acceptors (Lipinski definition) is 8. The van der Waals surface area contributed by atoms with Gasteiger partial charge in [-0.05, 0) is 55.5 Å². The molecular weight excluding hydrogens is 392 g/mol. The summed E-state index contributed by atoms with van der Waals surface area (Å²) in [7, 11) is 1.62. The van der Waals surface area contributed by atoms with Crippen molar-refractivity contribution in [3.8, 4) is 11.5 Å². The molecule has 0 saturated carbocycles. The fourth-order valence-corrected chi connectivity index (χ4v) is 2.96. The van der Waals surface area contributed by atoms with Crippen LogP contribution in [-0.2, 0) is 11.3 Å². The van der Waals surface area contributed by atoms with Crippen LogP contribution in [0.1, 0.15) is 12.8 Å². The van der Waals surface area contributed by atoms with Crippen molar-refractivity contribution >= 4 is 29.0 Å². The average Bonchev–Trinajstić information content (AvgIpc) is 3.21. The summed E-state index contributed by atoms with van der Waals surface area (Å²) in [6.45, 7) is 2.91. The van der Waals surface area contributed by atoms with Gasteiger partial charge in [0.25, 0.3) is 5.22 Å². The zero-order valence-electron chi connectivity index (χ0n) is 16.2. The number of thioether (sulfide) groups is 1. The van der Waals surface area contributed by atoms with Crippen LogP contribution < -0.4 is 20.1 Å². The van der Waals surface area contributed by atoms with E-state index >= 15 is 0 Å². The topological polar surface area (TPSA) is 98.5 Å². The van der Waals surface area contributed by atoms with E-state index in [1.54, 1.807) is 19.2 Å².